The Balaban J connectivity index is 1.51. The second kappa shape index (κ2) is 7.64. The van der Waals surface area contributed by atoms with Crippen molar-refractivity contribution < 1.29 is 31.1 Å². The van der Waals surface area contributed by atoms with Crippen LogP contribution in [0.5, 0.6) is 0 Å². The van der Waals surface area contributed by atoms with E-state index in [4.69, 9.17) is 5.73 Å². The van der Waals surface area contributed by atoms with Crippen molar-refractivity contribution >= 4 is 11.7 Å². The molecule has 28 heavy (non-hydrogen) atoms. The molecule has 6 nitrogen and oxygen atoms in total. The molecule has 2 heterocycles. The topological polar surface area (TPSA) is 74.0 Å². The fraction of sp³-hybridized carbons (Fsp3) is 0.625. The van der Waals surface area contributed by atoms with Crippen molar-refractivity contribution in [3.05, 3.63) is 23.8 Å². The van der Waals surface area contributed by atoms with Crippen LogP contribution in [0.3, 0.4) is 0 Å². The normalized spacial score (nSPS) is 28.8. The number of allylic oxidation sites excluding steroid dienone is 4. The van der Waals surface area contributed by atoms with Gasteiger partial charge in [-0.3, -0.25) is 10.2 Å². The lowest BCUT2D eigenvalue weighted by Crippen LogP contribution is -2.59. The number of carbonyl (C=O) groups is 1. The number of hydrogen-bond acceptors (Lipinski definition) is 5. The van der Waals surface area contributed by atoms with Crippen LogP contribution in [0.25, 0.3) is 0 Å². The van der Waals surface area contributed by atoms with Crippen LogP contribution in [0.4, 0.5) is 26.3 Å². The van der Waals surface area contributed by atoms with E-state index in [0.29, 0.717) is 6.08 Å². The highest BCUT2D eigenvalue weighted by atomic mass is 19.4. The van der Waals surface area contributed by atoms with Crippen LogP contribution in [0.1, 0.15) is 12.8 Å². The Morgan fingerprint density at radius 2 is 1.96 bits per heavy atom. The Hall–Kier alpha value is -2.24. The first-order valence-electron chi connectivity index (χ1n) is 8.65. The molecule has 1 aliphatic carbocycles. The van der Waals surface area contributed by atoms with E-state index in [1.165, 1.54) is 4.90 Å². The molecule has 0 saturated carbocycles. The standard InChI is InChI=1S/C16H19F6N5O/c17-10-6-12(19)11(18)4-8(10)3-9(23)5-14(28)26-1-2-27-13(7-26)24-25-15(27)16(20,21)22/h4,6,8-10,13,24H,1-3,5,7,23H2/t8?,9-,10+,13+/m1/s1. The maximum Gasteiger partial charge on any atom is 0.451 e. The SMILES string of the molecule is N[C@@H](CC(=O)N1CCN2C(C(F)(F)F)=NN[C@@H]2C1)CC1C=C(F)C(F)=C[C@@H]1F. The van der Waals surface area contributed by atoms with Gasteiger partial charge in [-0.05, 0) is 18.6 Å². The summed E-state index contributed by atoms with van der Waals surface area (Å²) < 4.78 is 78.7. The molecule has 0 spiro atoms. The van der Waals surface area contributed by atoms with Crippen LogP contribution in [0, 0.1) is 5.92 Å². The van der Waals surface area contributed by atoms with Gasteiger partial charge in [-0.1, -0.05) is 0 Å². The number of alkyl halides is 4. The molecule has 0 aromatic carbocycles. The van der Waals surface area contributed by atoms with Gasteiger partial charge in [-0.2, -0.15) is 18.3 Å². The third-order valence-electron chi connectivity index (χ3n) is 4.89. The molecule has 1 unspecified atom stereocenters. The molecule has 1 amide bonds. The number of halogens is 6. The van der Waals surface area contributed by atoms with Crippen molar-refractivity contribution in [1.82, 2.24) is 15.2 Å². The van der Waals surface area contributed by atoms with Crippen molar-refractivity contribution in [2.75, 3.05) is 19.6 Å². The van der Waals surface area contributed by atoms with E-state index in [-0.39, 0.29) is 32.5 Å². The number of piperazine rings is 1. The number of nitrogens with two attached hydrogens (primary N) is 1. The number of hydrazone groups is 1. The van der Waals surface area contributed by atoms with Gasteiger partial charge in [-0.15, -0.1) is 0 Å². The average molecular weight is 411 g/mol. The molecule has 4 atom stereocenters. The summed E-state index contributed by atoms with van der Waals surface area (Å²) in [5.41, 5.74) is 8.22. The fourth-order valence-electron chi connectivity index (χ4n) is 3.49. The van der Waals surface area contributed by atoms with Crippen molar-refractivity contribution in [1.29, 1.82) is 0 Å². The largest absolute Gasteiger partial charge is 0.451 e. The zero-order valence-electron chi connectivity index (χ0n) is 14.6. The van der Waals surface area contributed by atoms with Gasteiger partial charge < -0.3 is 15.5 Å². The van der Waals surface area contributed by atoms with Crippen molar-refractivity contribution in [3.63, 3.8) is 0 Å². The monoisotopic (exact) mass is 411 g/mol. The number of fused-ring (bicyclic) bond motifs is 1. The zero-order valence-corrected chi connectivity index (χ0v) is 14.6. The Labute approximate surface area is 156 Å². The molecule has 0 radical (unpaired) electrons. The second-order valence-electron chi connectivity index (χ2n) is 6.95. The van der Waals surface area contributed by atoms with E-state index in [1.54, 1.807) is 0 Å². The van der Waals surface area contributed by atoms with Crippen LogP contribution >= 0.6 is 0 Å². The minimum absolute atomic E-state index is 0.0215. The van der Waals surface area contributed by atoms with E-state index in [9.17, 15) is 31.1 Å². The number of nitrogens with one attached hydrogen (secondary N) is 1. The fourth-order valence-corrected chi connectivity index (χ4v) is 3.49. The Bertz CT molecular complexity index is 721. The van der Waals surface area contributed by atoms with Gasteiger partial charge in [0.1, 0.15) is 12.3 Å². The van der Waals surface area contributed by atoms with Gasteiger partial charge >= 0.3 is 6.18 Å². The molecular weight excluding hydrogens is 392 g/mol. The van der Waals surface area contributed by atoms with Crippen molar-refractivity contribution in [2.45, 2.75) is 37.4 Å². The Morgan fingerprint density at radius 3 is 2.64 bits per heavy atom. The highest BCUT2D eigenvalue weighted by molar-refractivity contribution is 5.89. The first-order chi connectivity index (χ1) is 13.1. The summed E-state index contributed by atoms with van der Waals surface area (Å²) in [5.74, 6) is -4.86. The van der Waals surface area contributed by atoms with E-state index in [1.807, 2.05) is 0 Å². The predicted octanol–water partition coefficient (Wildman–Crippen LogP) is 1.72. The number of amides is 1. The lowest BCUT2D eigenvalue weighted by molar-refractivity contribution is -0.134. The van der Waals surface area contributed by atoms with Gasteiger partial charge in [0.05, 0.1) is 6.54 Å². The van der Waals surface area contributed by atoms with E-state index in [0.717, 1.165) is 11.0 Å². The molecule has 0 aromatic heterocycles. The van der Waals surface area contributed by atoms with Crippen LogP contribution in [-0.2, 0) is 4.79 Å². The number of nitrogens with zero attached hydrogens (tertiary/aromatic N) is 3. The average Bonchev–Trinajstić information content (AvgIpc) is 3.03. The minimum atomic E-state index is -4.59. The molecule has 1 saturated heterocycles. The van der Waals surface area contributed by atoms with Crippen LogP contribution in [0.15, 0.2) is 28.9 Å². The highest BCUT2D eigenvalue weighted by Crippen LogP contribution is 2.30. The Morgan fingerprint density at radius 1 is 1.29 bits per heavy atom. The molecule has 12 heteroatoms. The quantitative estimate of drug-likeness (QED) is 0.691. The maximum atomic E-state index is 13.8. The number of amidine groups is 1. The summed E-state index contributed by atoms with van der Waals surface area (Å²) in [6.45, 7) is -0.0209. The van der Waals surface area contributed by atoms with E-state index < -0.39 is 53.9 Å². The number of carbonyl (C=O) groups excluding carboxylic acids is 1. The number of rotatable bonds is 4. The maximum absolute atomic E-state index is 13.8. The molecule has 156 valence electrons. The van der Waals surface area contributed by atoms with Crippen LogP contribution in [-0.4, -0.2) is 65.7 Å². The van der Waals surface area contributed by atoms with Gasteiger partial charge in [-0.25, -0.2) is 13.2 Å². The summed E-state index contributed by atoms with van der Waals surface area (Å²) in [6.07, 6.45) is -6.05. The molecule has 1 fully saturated rings. The molecule has 3 N–H and O–H groups in total. The molecule has 3 rings (SSSR count). The second-order valence-corrected chi connectivity index (χ2v) is 6.95. The summed E-state index contributed by atoms with van der Waals surface area (Å²) in [4.78, 5) is 14.8. The minimum Gasteiger partial charge on any atom is -0.337 e. The van der Waals surface area contributed by atoms with Crippen molar-refractivity contribution in [3.8, 4) is 0 Å². The third-order valence-corrected chi connectivity index (χ3v) is 4.89. The summed E-state index contributed by atoms with van der Waals surface area (Å²) in [6, 6.07) is -0.814. The summed E-state index contributed by atoms with van der Waals surface area (Å²) >= 11 is 0. The zero-order chi connectivity index (χ0) is 20.6. The van der Waals surface area contributed by atoms with Crippen molar-refractivity contribution in [2.24, 2.45) is 16.8 Å². The van der Waals surface area contributed by atoms with E-state index in [2.05, 4.69) is 10.5 Å². The smallest absolute Gasteiger partial charge is 0.337 e. The molecule has 3 aliphatic rings. The number of hydrogen-bond donors (Lipinski definition) is 2. The van der Waals surface area contributed by atoms with Crippen LogP contribution in [0.2, 0.25) is 0 Å². The molecule has 0 bridgehead atoms. The van der Waals surface area contributed by atoms with Gasteiger partial charge in [0.2, 0.25) is 11.7 Å². The summed E-state index contributed by atoms with van der Waals surface area (Å²) in [5, 5.41) is 3.29. The Kier molecular flexibility index (Phi) is 5.60. The van der Waals surface area contributed by atoms with Gasteiger partial charge in [0.25, 0.3) is 0 Å². The predicted molar refractivity (Wildman–Crippen MR) is 87.7 cm³/mol. The first-order valence-corrected chi connectivity index (χ1v) is 8.65. The molecule has 0 aromatic rings. The molecule has 2 aliphatic heterocycles. The first kappa shape index (κ1) is 20.5. The molecular formula is C16H19F6N5O. The summed E-state index contributed by atoms with van der Waals surface area (Å²) in [7, 11) is 0. The van der Waals surface area contributed by atoms with Gasteiger partial charge in [0, 0.05) is 31.5 Å². The van der Waals surface area contributed by atoms with Crippen LogP contribution < -0.4 is 11.2 Å². The van der Waals surface area contributed by atoms with E-state index >= 15 is 0 Å². The highest BCUT2D eigenvalue weighted by Gasteiger charge is 2.47. The lowest BCUT2D eigenvalue weighted by atomic mass is 9.90. The van der Waals surface area contributed by atoms with Gasteiger partial charge in [0.15, 0.2) is 11.7 Å². The lowest BCUT2D eigenvalue weighted by Gasteiger charge is -2.38. The third kappa shape index (κ3) is 4.26.